The molecule has 3 rings (SSSR count). The molecule has 0 saturated heterocycles. The predicted octanol–water partition coefficient (Wildman–Crippen LogP) is 2.15. The summed E-state index contributed by atoms with van der Waals surface area (Å²) in [4.78, 5) is 34.4. The summed E-state index contributed by atoms with van der Waals surface area (Å²) in [6.07, 6.45) is 2.46. The molecule has 1 heterocycles. The lowest BCUT2D eigenvalue weighted by atomic mass is 9.78. The molecule has 142 valence electrons. The number of aliphatic carboxylic acids is 1. The lowest BCUT2D eigenvalue weighted by Gasteiger charge is -2.22. The standard InChI is InChI=1S/C21H23NO5/c1-21(2)14-8-5-6-9-15(14)22(11-7-3-4-10-17(23)24)16(21)12-13-18(25)20(27)19(13)26/h5-6,8-9,12,20,27H,3-4,7,10-11H2,1-2H3/p+1. The van der Waals surface area contributed by atoms with Gasteiger partial charge in [0.05, 0.1) is 11.0 Å². The van der Waals surface area contributed by atoms with Crippen LogP contribution in [-0.4, -0.2) is 50.7 Å². The number of fused-ring (bicyclic) bond motifs is 1. The number of rotatable bonds is 7. The molecule has 6 heteroatoms. The summed E-state index contributed by atoms with van der Waals surface area (Å²) in [5.74, 6) is -1.85. The molecule has 6 nitrogen and oxygen atoms in total. The topological polar surface area (TPSA) is 94.7 Å². The molecule has 0 amide bonds. The number of carbonyl (C=O) groups excluding carboxylic acids is 2. The van der Waals surface area contributed by atoms with Crippen LogP contribution in [0.4, 0.5) is 5.69 Å². The zero-order chi connectivity index (χ0) is 19.8. The first kappa shape index (κ1) is 19.2. The van der Waals surface area contributed by atoms with E-state index < -0.39 is 23.6 Å². The second-order valence-electron chi connectivity index (χ2n) is 7.57. The Labute approximate surface area is 157 Å². The van der Waals surface area contributed by atoms with Crippen LogP contribution in [0.2, 0.25) is 0 Å². The Balaban J connectivity index is 1.91. The smallest absolute Gasteiger partial charge is 0.303 e. The number of benzene rings is 1. The lowest BCUT2D eigenvalue weighted by Crippen LogP contribution is -2.47. The Morgan fingerprint density at radius 3 is 2.48 bits per heavy atom. The SMILES string of the molecule is CC1(C)C(C=C2C(=O)C(O)C2=O)=[N+](CCCCCC(=O)O)c2ccccc21. The average Bonchev–Trinajstić information content (AvgIpc) is 2.85. The Morgan fingerprint density at radius 1 is 1.15 bits per heavy atom. The fraction of sp³-hybridized carbons (Fsp3) is 0.429. The predicted molar refractivity (Wildman–Crippen MR) is 99.5 cm³/mol. The molecule has 0 atom stereocenters. The summed E-state index contributed by atoms with van der Waals surface area (Å²) < 4.78 is 2.11. The van der Waals surface area contributed by atoms with Crippen molar-refractivity contribution in [3.63, 3.8) is 0 Å². The average molecular weight is 370 g/mol. The number of allylic oxidation sites excluding steroid dienone is 1. The van der Waals surface area contributed by atoms with Crippen LogP contribution in [0, 0.1) is 0 Å². The molecule has 1 aliphatic carbocycles. The molecule has 1 aliphatic heterocycles. The molecule has 0 unspecified atom stereocenters. The number of aliphatic hydroxyl groups excluding tert-OH is 1. The molecule has 27 heavy (non-hydrogen) atoms. The van der Waals surface area contributed by atoms with E-state index in [0.717, 1.165) is 29.8 Å². The summed E-state index contributed by atoms with van der Waals surface area (Å²) in [6, 6.07) is 7.97. The van der Waals surface area contributed by atoms with Gasteiger partial charge in [-0.3, -0.25) is 14.4 Å². The van der Waals surface area contributed by atoms with E-state index in [9.17, 15) is 19.5 Å². The maximum absolute atomic E-state index is 11.9. The summed E-state index contributed by atoms with van der Waals surface area (Å²) in [7, 11) is 0. The van der Waals surface area contributed by atoms with Gasteiger partial charge in [0.25, 0.3) is 0 Å². The Hall–Kier alpha value is -2.60. The van der Waals surface area contributed by atoms with E-state index in [2.05, 4.69) is 4.58 Å². The molecule has 0 radical (unpaired) electrons. The third-order valence-electron chi connectivity index (χ3n) is 5.38. The normalized spacial score (nSPS) is 20.6. The van der Waals surface area contributed by atoms with Crippen LogP contribution in [0.5, 0.6) is 0 Å². The summed E-state index contributed by atoms with van der Waals surface area (Å²) in [5.41, 5.74) is 2.67. The van der Waals surface area contributed by atoms with Crippen molar-refractivity contribution in [2.75, 3.05) is 6.54 Å². The highest BCUT2D eigenvalue weighted by atomic mass is 16.4. The van der Waals surface area contributed by atoms with Gasteiger partial charge < -0.3 is 10.2 Å². The van der Waals surface area contributed by atoms with Gasteiger partial charge in [0.2, 0.25) is 17.3 Å². The summed E-state index contributed by atoms with van der Waals surface area (Å²) >= 11 is 0. The van der Waals surface area contributed by atoms with Crippen molar-refractivity contribution in [2.45, 2.75) is 51.0 Å². The number of aliphatic hydroxyl groups is 1. The van der Waals surface area contributed by atoms with E-state index >= 15 is 0 Å². The van der Waals surface area contributed by atoms with E-state index in [1.807, 2.05) is 38.1 Å². The second-order valence-corrected chi connectivity index (χ2v) is 7.57. The van der Waals surface area contributed by atoms with Crippen LogP contribution in [-0.2, 0) is 19.8 Å². The summed E-state index contributed by atoms with van der Waals surface area (Å²) in [6.45, 7) is 4.77. The quantitative estimate of drug-likeness (QED) is 0.252. The van der Waals surface area contributed by atoms with Crippen molar-refractivity contribution in [2.24, 2.45) is 0 Å². The maximum Gasteiger partial charge on any atom is 0.303 e. The Bertz CT molecular complexity index is 860. The van der Waals surface area contributed by atoms with Gasteiger partial charge in [0.15, 0.2) is 11.8 Å². The Kier molecular flexibility index (Phi) is 5.11. The fourth-order valence-electron chi connectivity index (χ4n) is 3.80. The first-order valence-electron chi connectivity index (χ1n) is 9.19. The first-order chi connectivity index (χ1) is 12.7. The molecule has 2 aliphatic rings. The van der Waals surface area contributed by atoms with E-state index in [1.54, 1.807) is 6.08 Å². The van der Waals surface area contributed by atoms with E-state index in [-0.39, 0.29) is 17.4 Å². The molecule has 0 spiro atoms. The molecule has 0 bridgehead atoms. The molecule has 0 aromatic heterocycles. The highest BCUT2D eigenvalue weighted by molar-refractivity contribution is 6.42. The van der Waals surface area contributed by atoms with Crippen LogP contribution in [0.1, 0.15) is 45.1 Å². The highest BCUT2D eigenvalue weighted by Crippen LogP contribution is 2.40. The third-order valence-corrected chi connectivity index (χ3v) is 5.38. The maximum atomic E-state index is 11.9. The van der Waals surface area contributed by atoms with Gasteiger partial charge in [0, 0.05) is 30.5 Å². The van der Waals surface area contributed by atoms with Crippen molar-refractivity contribution in [3.05, 3.63) is 41.5 Å². The summed E-state index contributed by atoms with van der Waals surface area (Å²) in [5, 5.41) is 18.2. The molecule has 1 aromatic carbocycles. The minimum atomic E-state index is -1.52. The minimum Gasteiger partial charge on any atom is -0.481 e. The van der Waals surface area contributed by atoms with Crippen molar-refractivity contribution in [1.82, 2.24) is 0 Å². The zero-order valence-corrected chi connectivity index (χ0v) is 15.6. The number of Topliss-reactive ketones (excluding diaryl/α,β-unsaturated/α-hetero) is 2. The molecule has 1 fully saturated rings. The number of ketones is 2. The number of hydrogen-bond donors (Lipinski definition) is 2. The third kappa shape index (κ3) is 3.37. The fourth-order valence-corrected chi connectivity index (χ4v) is 3.80. The van der Waals surface area contributed by atoms with Gasteiger partial charge in [0.1, 0.15) is 6.54 Å². The van der Waals surface area contributed by atoms with Crippen molar-refractivity contribution in [3.8, 4) is 0 Å². The number of carbonyl (C=O) groups is 3. The van der Waals surface area contributed by atoms with Crippen molar-refractivity contribution < 1.29 is 29.2 Å². The number of nitrogens with zero attached hydrogens (tertiary/aromatic N) is 1. The van der Waals surface area contributed by atoms with Crippen LogP contribution in [0.15, 0.2) is 35.9 Å². The van der Waals surface area contributed by atoms with Crippen molar-refractivity contribution in [1.29, 1.82) is 0 Å². The second kappa shape index (κ2) is 7.19. The number of para-hydroxylation sites is 1. The number of unbranched alkanes of at least 4 members (excludes halogenated alkanes) is 2. The number of hydrogen-bond acceptors (Lipinski definition) is 4. The lowest BCUT2D eigenvalue weighted by molar-refractivity contribution is -0.438. The van der Waals surface area contributed by atoms with E-state index in [1.165, 1.54) is 0 Å². The molecular weight excluding hydrogens is 346 g/mol. The van der Waals surface area contributed by atoms with E-state index in [4.69, 9.17) is 5.11 Å². The van der Waals surface area contributed by atoms with Gasteiger partial charge >= 0.3 is 5.97 Å². The molecular formula is C21H24NO5+. The van der Waals surface area contributed by atoms with Gasteiger partial charge in [-0.25, -0.2) is 0 Å². The molecule has 1 saturated carbocycles. The first-order valence-corrected chi connectivity index (χ1v) is 9.19. The van der Waals surface area contributed by atoms with Crippen molar-refractivity contribution >= 4 is 28.9 Å². The van der Waals surface area contributed by atoms with Gasteiger partial charge in [-0.1, -0.05) is 18.2 Å². The van der Waals surface area contributed by atoms with Crippen LogP contribution in [0.3, 0.4) is 0 Å². The number of carboxylic acids is 1. The number of carboxylic acid groups (broad SMARTS) is 1. The van der Waals surface area contributed by atoms with Crippen LogP contribution >= 0.6 is 0 Å². The van der Waals surface area contributed by atoms with Gasteiger partial charge in [-0.05, 0) is 26.7 Å². The molecule has 2 N–H and O–H groups in total. The van der Waals surface area contributed by atoms with Crippen LogP contribution in [0.25, 0.3) is 0 Å². The molecule has 1 aromatic rings. The highest BCUT2D eigenvalue weighted by Gasteiger charge is 2.48. The monoisotopic (exact) mass is 370 g/mol. The van der Waals surface area contributed by atoms with Crippen LogP contribution < -0.4 is 0 Å². The zero-order valence-electron chi connectivity index (χ0n) is 15.6. The van der Waals surface area contributed by atoms with E-state index in [0.29, 0.717) is 13.0 Å². The van der Waals surface area contributed by atoms with Gasteiger partial charge in [-0.15, -0.1) is 0 Å². The Morgan fingerprint density at radius 2 is 1.81 bits per heavy atom. The minimum absolute atomic E-state index is 0.0502. The van der Waals surface area contributed by atoms with Gasteiger partial charge in [-0.2, -0.15) is 4.58 Å². The largest absolute Gasteiger partial charge is 0.481 e.